The molecular formula is C19H14BrClN4O3. The van der Waals surface area contributed by atoms with Gasteiger partial charge in [0.1, 0.15) is 11.5 Å². The maximum atomic E-state index is 6.07. The standard InChI is InChI=1S/C19H14BrClN4O3/c1-26-17-7-4-13(21)10-15(17)18-22-19(28-24-18)16-8-9-25(23-16)11-27-14-5-2-12(20)3-6-14/h2-10H,11H2,1H3. The third-order valence-corrected chi connectivity index (χ3v) is 4.63. The van der Waals surface area contributed by atoms with Gasteiger partial charge in [-0.3, -0.25) is 0 Å². The Hall–Kier alpha value is -2.84. The Morgan fingerprint density at radius 2 is 1.96 bits per heavy atom. The second-order valence-corrected chi connectivity index (χ2v) is 7.09. The molecular weight excluding hydrogens is 448 g/mol. The summed E-state index contributed by atoms with van der Waals surface area (Å²) in [5.74, 6) is 2.01. The zero-order chi connectivity index (χ0) is 19.5. The maximum Gasteiger partial charge on any atom is 0.278 e. The smallest absolute Gasteiger partial charge is 0.278 e. The van der Waals surface area contributed by atoms with Crippen molar-refractivity contribution < 1.29 is 14.0 Å². The lowest BCUT2D eigenvalue weighted by atomic mass is 10.2. The predicted octanol–water partition coefficient (Wildman–Crippen LogP) is 5.06. The van der Waals surface area contributed by atoms with Gasteiger partial charge < -0.3 is 14.0 Å². The number of methoxy groups -OCH3 is 1. The van der Waals surface area contributed by atoms with Gasteiger partial charge in [0, 0.05) is 15.7 Å². The zero-order valence-electron chi connectivity index (χ0n) is 14.7. The van der Waals surface area contributed by atoms with Crippen LogP contribution < -0.4 is 9.47 Å². The molecule has 0 amide bonds. The quantitative estimate of drug-likeness (QED) is 0.399. The molecule has 9 heteroatoms. The van der Waals surface area contributed by atoms with Crippen LogP contribution in [0.25, 0.3) is 23.0 Å². The van der Waals surface area contributed by atoms with Crippen molar-refractivity contribution in [1.29, 1.82) is 0 Å². The molecule has 0 aliphatic carbocycles. The topological polar surface area (TPSA) is 75.2 Å². The molecule has 142 valence electrons. The van der Waals surface area contributed by atoms with Crippen molar-refractivity contribution in [3.05, 3.63) is 64.2 Å². The molecule has 0 saturated heterocycles. The molecule has 7 nitrogen and oxygen atoms in total. The molecule has 2 aromatic carbocycles. The van der Waals surface area contributed by atoms with Gasteiger partial charge in [-0.1, -0.05) is 32.7 Å². The maximum absolute atomic E-state index is 6.07. The van der Waals surface area contributed by atoms with Crippen LogP contribution in [0.1, 0.15) is 0 Å². The second kappa shape index (κ2) is 8.04. The molecule has 2 aromatic heterocycles. The Kier molecular flexibility index (Phi) is 5.31. The third-order valence-electron chi connectivity index (χ3n) is 3.87. The molecule has 28 heavy (non-hydrogen) atoms. The van der Waals surface area contributed by atoms with Crippen molar-refractivity contribution in [2.24, 2.45) is 0 Å². The lowest BCUT2D eigenvalue weighted by Gasteiger charge is -2.05. The first-order chi connectivity index (χ1) is 13.6. The van der Waals surface area contributed by atoms with Gasteiger partial charge in [0.25, 0.3) is 5.89 Å². The number of ether oxygens (including phenoxy) is 2. The predicted molar refractivity (Wildman–Crippen MR) is 107 cm³/mol. The minimum absolute atomic E-state index is 0.255. The number of rotatable bonds is 6. The fourth-order valence-electron chi connectivity index (χ4n) is 2.51. The number of halogens is 2. The molecule has 0 spiro atoms. The molecule has 0 bridgehead atoms. The molecule has 2 heterocycles. The van der Waals surface area contributed by atoms with E-state index in [0.29, 0.717) is 33.7 Å². The first-order valence-electron chi connectivity index (χ1n) is 8.22. The molecule has 0 aliphatic rings. The van der Waals surface area contributed by atoms with Gasteiger partial charge >= 0.3 is 0 Å². The largest absolute Gasteiger partial charge is 0.496 e. The number of hydrogen-bond donors (Lipinski definition) is 0. The van der Waals surface area contributed by atoms with Crippen LogP contribution in [0.2, 0.25) is 5.02 Å². The van der Waals surface area contributed by atoms with E-state index in [4.69, 9.17) is 25.6 Å². The normalized spacial score (nSPS) is 10.8. The average molecular weight is 462 g/mol. The van der Waals surface area contributed by atoms with E-state index < -0.39 is 0 Å². The van der Waals surface area contributed by atoms with Crippen molar-refractivity contribution in [2.75, 3.05) is 7.11 Å². The summed E-state index contributed by atoms with van der Waals surface area (Å²) in [6, 6.07) is 14.5. The van der Waals surface area contributed by atoms with E-state index in [2.05, 4.69) is 31.2 Å². The Bertz CT molecular complexity index is 1090. The van der Waals surface area contributed by atoms with Crippen molar-refractivity contribution in [3.8, 4) is 34.5 Å². The van der Waals surface area contributed by atoms with E-state index in [1.54, 1.807) is 42.3 Å². The van der Waals surface area contributed by atoms with Crippen molar-refractivity contribution >= 4 is 27.5 Å². The van der Waals surface area contributed by atoms with Gasteiger partial charge in [-0.15, -0.1) is 0 Å². The van der Waals surface area contributed by atoms with Crippen LogP contribution in [0, 0.1) is 0 Å². The van der Waals surface area contributed by atoms with Gasteiger partial charge in [-0.05, 0) is 48.5 Å². The number of aromatic nitrogens is 4. The number of hydrogen-bond acceptors (Lipinski definition) is 6. The van der Waals surface area contributed by atoms with E-state index in [1.165, 1.54) is 0 Å². The Labute approximate surface area is 174 Å². The summed E-state index contributed by atoms with van der Waals surface area (Å²) in [4.78, 5) is 4.40. The summed E-state index contributed by atoms with van der Waals surface area (Å²) >= 11 is 9.46. The molecule has 0 unspecified atom stereocenters. The van der Waals surface area contributed by atoms with Crippen molar-refractivity contribution in [2.45, 2.75) is 6.73 Å². The van der Waals surface area contributed by atoms with Gasteiger partial charge in [0.15, 0.2) is 12.4 Å². The molecule has 0 atom stereocenters. The summed E-state index contributed by atoms with van der Waals surface area (Å²) in [6.07, 6.45) is 1.78. The summed E-state index contributed by atoms with van der Waals surface area (Å²) in [5.41, 5.74) is 1.18. The lowest BCUT2D eigenvalue weighted by molar-refractivity contribution is 0.221. The van der Waals surface area contributed by atoms with E-state index >= 15 is 0 Å². The zero-order valence-corrected chi connectivity index (χ0v) is 17.0. The van der Waals surface area contributed by atoms with E-state index in [9.17, 15) is 0 Å². The van der Waals surface area contributed by atoms with Crippen LogP contribution in [0.4, 0.5) is 0 Å². The molecule has 0 fully saturated rings. The molecule has 0 N–H and O–H groups in total. The third kappa shape index (κ3) is 4.02. The molecule has 0 aliphatic heterocycles. The molecule has 4 rings (SSSR count). The fraction of sp³-hybridized carbons (Fsp3) is 0.105. The van der Waals surface area contributed by atoms with E-state index in [-0.39, 0.29) is 6.73 Å². The first kappa shape index (κ1) is 18.5. The molecule has 4 aromatic rings. The van der Waals surface area contributed by atoms with Crippen LogP contribution in [-0.2, 0) is 6.73 Å². The number of benzene rings is 2. The van der Waals surface area contributed by atoms with Gasteiger partial charge in [-0.2, -0.15) is 10.1 Å². The van der Waals surface area contributed by atoms with Gasteiger partial charge in [-0.25, -0.2) is 4.68 Å². The summed E-state index contributed by atoms with van der Waals surface area (Å²) in [5, 5.41) is 8.98. The minimum Gasteiger partial charge on any atom is -0.496 e. The highest BCUT2D eigenvalue weighted by molar-refractivity contribution is 9.10. The molecule has 0 radical (unpaired) electrons. The van der Waals surface area contributed by atoms with Crippen molar-refractivity contribution in [1.82, 2.24) is 19.9 Å². The van der Waals surface area contributed by atoms with Crippen LogP contribution >= 0.6 is 27.5 Å². The monoisotopic (exact) mass is 460 g/mol. The van der Waals surface area contributed by atoms with E-state index in [0.717, 1.165) is 10.2 Å². The summed E-state index contributed by atoms with van der Waals surface area (Å²) in [6.45, 7) is 0.255. The Morgan fingerprint density at radius 1 is 1.14 bits per heavy atom. The first-order valence-corrected chi connectivity index (χ1v) is 9.39. The van der Waals surface area contributed by atoms with Crippen LogP contribution in [0.15, 0.2) is 63.7 Å². The number of nitrogens with zero attached hydrogens (tertiary/aromatic N) is 4. The van der Waals surface area contributed by atoms with Crippen LogP contribution in [-0.4, -0.2) is 27.0 Å². The SMILES string of the molecule is COc1ccc(Cl)cc1-c1noc(-c2ccn(COc3ccc(Br)cc3)n2)n1. The molecule has 0 saturated carbocycles. The second-order valence-electron chi connectivity index (χ2n) is 5.74. The highest BCUT2D eigenvalue weighted by atomic mass is 79.9. The lowest BCUT2D eigenvalue weighted by Crippen LogP contribution is -2.05. The summed E-state index contributed by atoms with van der Waals surface area (Å²) < 4.78 is 19.0. The van der Waals surface area contributed by atoms with E-state index in [1.807, 2.05) is 24.3 Å². The average Bonchev–Trinajstić information content (AvgIpc) is 3.37. The minimum atomic E-state index is 0.255. The van der Waals surface area contributed by atoms with Crippen LogP contribution in [0.3, 0.4) is 0 Å². The highest BCUT2D eigenvalue weighted by Gasteiger charge is 2.16. The van der Waals surface area contributed by atoms with Crippen molar-refractivity contribution in [3.63, 3.8) is 0 Å². The fourth-order valence-corrected chi connectivity index (χ4v) is 2.95. The summed E-state index contributed by atoms with van der Waals surface area (Å²) in [7, 11) is 1.57. The highest BCUT2D eigenvalue weighted by Crippen LogP contribution is 2.31. The Morgan fingerprint density at radius 3 is 2.75 bits per heavy atom. The Balaban J connectivity index is 1.50. The van der Waals surface area contributed by atoms with Gasteiger partial charge in [0.2, 0.25) is 5.82 Å². The van der Waals surface area contributed by atoms with Gasteiger partial charge in [0.05, 0.1) is 12.7 Å². The van der Waals surface area contributed by atoms with Crippen LogP contribution in [0.5, 0.6) is 11.5 Å².